The zero-order chi connectivity index (χ0) is 22.4. The maximum absolute atomic E-state index is 13.1. The molecule has 158 valence electrons. The van der Waals surface area contributed by atoms with E-state index >= 15 is 0 Å². The third-order valence-corrected chi connectivity index (χ3v) is 6.73. The highest BCUT2D eigenvalue weighted by atomic mass is 32.1. The second-order valence-corrected chi connectivity index (χ2v) is 8.75. The molecule has 0 saturated heterocycles. The molecule has 0 aliphatic heterocycles. The Hall–Kier alpha value is -3.77. The first kappa shape index (κ1) is 20.2. The van der Waals surface area contributed by atoms with Gasteiger partial charge in [-0.15, -0.1) is 6.58 Å². The van der Waals surface area contributed by atoms with Crippen LogP contribution in [0.2, 0.25) is 0 Å². The average Bonchev–Trinajstić information content (AvgIpc) is 3.10. The summed E-state index contributed by atoms with van der Waals surface area (Å²) in [5.74, 6) is -0.618. The number of hydrogen-bond acceptors (Lipinski definition) is 4. The molecule has 32 heavy (non-hydrogen) atoms. The SMILES string of the molecule is C=CCn1c(=NC(=O)c2cc3c(ccc4ccccc43)oc2=O)sc2c(C)cc(C)cc21. The first-order chi connectivity index (χ1) is 15.5. The normalized spacial score (nSPS) is 12.1. The number of amides is 1. The van der Waals surface area contributed by atoms with Gasteiger partial charge in [0.05, 0.1) is 10.2 Å². The van der Waals surface area contributed by atoms with Crippen LogP contribution in [0.15, 0.2) is 81.5 Å². The van der Waals surface area contributed by atoms with Gasteiger partial charge in [0.25, 0.3) is 5.91 Å². The number of hydrogen-bond donors (Lipinski definition) is 0. The minimum absolute atomic E-state index is 0.0793. The molecule has 2 aromatic heterocycles. The van der Waals surface area contributed by atoms with E-state index in [2.05, 4.69) is 23.7 Å². The number of carbonyl (C=O) groups is 1. The quantitative estimate of drug-likeness (QED) is 0.211. The molecular weight excluding hydrogens is 420 g/mol. The van der Waals surface area contributed by atoms with Crippen LogP contribution in [-0.4, -0.2) is 10.5 Å². The monoisotopic (exact) mass is 440 g/mol. The van der Waals surface area contributed by atoms with Crippen molar-refractivity contribution in [3.63, 3.8) is 0 Å². The molecule has 0 aliphatic carbocycles. The molecule has 5 aromatic rings. The zero-order valence-corrected chi connectivity index (χ0v) is 18.5. The smallest absolute Gasteiger partial charge is 0.349 e. The number of carbonyl (C=O) groups excluding carboxylic acids is 1. The van der Waals surface area contributed by atoms with Gasteiger partial charge in [0.2, 0.25) is 0 Å². The molecule has 0 saturated carbocycles. The average molecular weight is 441 g/mol. The van der Waals surface area contributed by atoms with E-state index in [4.69, 9.17) is 4.42 Å². The van der Waals surface area contributed by atoms with Crippen LogP contribution in [0.25, 0.3) is 32.0 Å². The molecule has 0 unspecified atom stereocenters. The maximum Gasteiger partial charge on any atom is 0.349 e. The number of nitrogens with zero attached hydrogens (tertiary/aromatic N) is 2. The van der Waals surface area contributed by atoms with Gasteiger partial charge in [0.1, 0.15) is 11.1 Å². The summed E-state index contributed by atoms with van der Waals surface area (Å²) in [7, 11) is 0. The summed E-state index contributed by atoms with van der Waals surface area (Å²) in [5.41, 5.74) is 2.92. The fourth-order valence-corrected chi connectivity index (χ4v) is 5.16. The molecule has 0 aliphatic rings. The van der Waals surface area contributed by atoms with Crippen molar-refractivity contribution in [2.45, 2.75) is 20.4 Å². The van der Waals surface area contributed by atoms with E-state index in [1.54, 1.807) is 18.2 Å². The van der Waals surface area contributed by atoms with Crippen molar-refractivity contribution in [3.8, 4) is 0 Å². The second-order valence-electron chi connectivity index (χ2n) is 7.78. The second kappa shape index (κ2) is 7.73. The van der Waals surface area contributed by atoms with Gasteiger partial charge in [-0.2, -0.15) is 4.99 Å². The fourth-order valence-electron chi connectivity index (χ4n) is 4.07. The lowest BCUT2D eigenvalue weighted by molar-refractivity contribution is 0.0994. The highest BCUT2D eigenvalue weighted by molar-refractivity contribution is 7.16. The summed E-state index contributed by atoms with van der Waals surface area (Å²) in [6, 6.07) is 17.2. The Morgan fingerprint density at radius 2 is 1.94 bits per heavy atom. The molecule has 0 bridgehead atoms. The van der Waals surface area contributed by atoms with Gasteiger partial charge in [-0.25, -0.2) is 4.79 Å². The van der Waals surface area contributed by atoms with Gasteiger partial charge in [-0.3, -0.25) is 4.79 Å². The first-order valence-corrected chi connectivity index (χ1v) is 11.0. The third kappa shape index (κ3) is 3.29. The lowest BCUT2D eigenvalue weighted by Crippen LogP contribution is -2.19. The number of aromatic nitrogens is 1. The van der Waals surface area contributed by atoms with Gasteiger partial charge in [-0.1, -0.05) is 53.8 Å². The number of benzene rings is 3. The van der Waals surface area contributed by atoms with E-state index in [0.29, 0.717) is 22.3 Å². The largest absolute Gasteiger partial charge is 0.422 e. The van der Waals surface area contributed by atoms with E-state index in [1.807, 2.05) is 48.7 Å². The Bertz CT molecular complexity index is 1690. The third-order valence-electron chi connectivity index (χ3n) is 5.50. The topological polar surface area (TPSA) is 64.6 Å². The van der Waals surface area contributed by atoms with Gasteiger partial charge in [-0.05, 0) is 53.9 Å². The lowest BCUT2D eigenvalue weighted by Gasteiger charge is -2.04. The highest BCUT2D eigenvalue weighted by Crippen LogP contribution is 2.26. The molecular formula is C26H20N2O3S. The molecule has 0 fully saturated rings. The fraction of sp³-hybridized carbons (Fsp3) is 0.115. The Morgan fingerprint density at radius 1 is 1.12 bits per heavy atom. The molecule has 6 heteroatoms. The van der Waals surface area contributed by atoms with Crippen LogP contribution in [0.5, 0.6) is 0 Å². The summed E-state index contributed by atoms with van der Waals surface area (Å²) < 4.78 is 8.48. The van der Waals surface area contributed by atoms with Crippen LogP contribution in [-0.2, 0) is 6.54 Å². The van der Waals surface area contributed by atoms with Crippen molar-refractivity contribution in [1.82, 2.24) is 4.57 Å². The van der Waals surface area contributed by atoms with E-state index in [1.165, 1.54) is 11.3 Å². The van der Waals surface area contributed by atoms with Crippen LogP contribution >= 0.6 is 11.3 Å². The highest BCUT2D eigenvalue weighted by Gasteiger charge is 2.16. The molecule has 0 atom stereocenters. The molecule has 3 aromatic carbocycles. The summed E-state index contributed by atoms with van der Waals surface area (Å²) in [5, 5.41) is 2.63. The zero-order valence-electron chi connectivity index (χ0n) is 17.7. The summed E-state index contributed by atoms with van der Waals surface area (Å²) in [6.45, 7) is 8.42. The maximum atomic E-state index is 13.1. The van der Waals surface area contributed by atoms with Crippen molar-refractivity contribution in [2.75, 3.05) is 0 Å². The van der Waals surface area contributed by atoms with Gasteiger partial charge >= 0.3 is 5.63 Å². The van der Waals surface area contributed by atoms with Crippen LogP contribution in [0.3, 0.4) is 0 Å². The predicted octanol–water partition coefficient (Wildman–Crippen LogP) is 5.51. The van der Waals surface area contributed by atoms with E-state index in [-0.39, 0.29) is 5.56 Å². The van der Waals surface area contributed by atoms with Crippen molar-refractivity contribution >= 4 is 49.2 Å². The molecule has 1 amide bonds. The van der Waals surface area contributed by atoms with Gasteiger partial charge in [0, 0.05) is 11.9 Å². The minimum atomic E-state index is -0.690. The first-order valence-electron chi connectivity index (χ1n) is 10.2. The standard InChI is InChI=1S/C26H20N2O3S/c1-4-11-28-21-13-15(2)12-16(3)23(21)32-26(28)27-24(29)20-14-19-18-8-6-5-7-17(18)9-10-22(19)31-25(20)30/h4-10,12-14H,1,11H2,2-3H3. The number of thiazole rings is 1. The number of aryl methyl sites for hydroxylation is 2. The molecule has 2 heterocycles. The van der Waals surface area contributed by atoms with Crippen LogP contribution < -0.4 is 10.4 Å². The minimum Gasteiger partial charge on any atom is -0.422 e. The van der Waals surface area contributed by atoms with Gasteiger partial charge in [0.15, 0.2) is 4.80 Å². The van der Waals surface area contributed by atoms with Crippen molar-refractivity contribution in [1.29, 1.82) is 0 Å². The summed E-state index contributed by atoms with van der Waals surface area (Å²) >= 11 is 1.43. The molecule has 0 N–H and O–H groups in total. The van der Waals surface area contributed by atoms with Gasteiger partial charge < -0.3 is 8.98 Å². The Labute approximate surface area is 187 Å². The van der Waals surface area contributed by atoms with E-state index in [0.717, 1.165) is 32.1 Å². The predicted molar refractivity (Wildman–Crippen MR) is 129 cm³/mol. The van der Waals surface area contributed by atoms with Crippen molar-refractivity contribution < 1.29 is 9.21 Å². The van der Waals surface area contributed by atoms with Crippen molar-refractivity contribution in [3.05, 3.63) is 99.2 Å². The van der Waals surface area contributed by atoms with Crippen LogP contribution in [0, 0.1) is 13.8 Å². The van der Waals surface area contributed by atoms with E-state index in [9.17, 15) is 9.59 Å². The molecule has 0 spiro atoms. The van der Waals surface area contributed by atoms with Crippen molar-refractivity contribution in [2.24, 2.45) is 4.99 Å². The molecule has 5 rings (SSSR count). The molecule has 0 radical (unpaired) electrons. The number of rotatable bonds is 3. The van der Waals surface area contributed by atoms with Crippen LogP contribution in [0.1, 0.15) is 21.5 Å². The number of fused-ring (bicyclic) bond motifs is 4. The number of allylic oxidation sites excluding steroid dienone is 1. The summed E-state index contributed by atoms with van der Waals surface area (Å²) in [6.07, 6.45) is 1.77. The Morgan fingerprint density at radius 3 is 2.75 bits per heavy atom. The lowest BCUT2D eigenvalue weighted by atomic mass is 10.0. The molecule has 5 nitrogen and oxygen atoms in total. The Kier molecular flexibility index (Phi) is 4.87. The van der Waals surface area contributed by atoms with E-state index < -0.39 is 11.5 Å². The van der Waals surface area contributed by atoms with Crippen LogP contribution in [0.4, 0.5) is 0 Å². The summed E-state index contributed by atoms with van der Waals surface area (Å²) in [4.78, 5) is 30.6. The Balaban J connectivity index is 1.73.